The second-order valence-corrected chi connectivity index (χ2v) is 31.8. The molecule has 23 aromatic rings. The molecule has 2 aromatic heterocycles. The van der Waals surface area contributed by atoms with Crippen LogP contribution >= 0.6 is 11.3 Å². The van der Waals surface area contributed by atoms with Crippen LogP contribution in [0.3, 0.4) is 0 Å². The lowest BCUT2D eigenvalue weighted by Gasteiger charge is -2.22. The molecule has 21 aromatic carbocycles. The summed E-state index contributed by atoms with van der Waals surface area (Å²) in [7, 11) is 0. The van der Waals surface area contributed by atoms with Crippen LogP contribution in [0.1, 0.15) is 32.4 Å². The zero-order chi connectivity index (χ0) is 74.8. The van der Waals surface area contributed by atoms with Crippen LogP contribution in [0.2, 0.25) is 0 Å². The van der Waals surface area contributed by atoms with Crippen LogP contribution in [0, 0.1) is 0 Å². The highest BCUT2D eigenvalue weighted by Gasteiger charge is 2.35. The molecule has 1 aliphatic rings. The summed E-state index contributed by atoms with van der Waals surface area (Å²) in [5, 5.41) is 28.4. The molecule has 24 rings (SSSR count). The Kier molecular flexibility index (Phi) is 16.4. The predicted molar refractivity (Wildman–Crippen MR) is 494 cm³/mol. The van der Waals surface area contributed by atoms with Crippen molar-refractivity contribution >= 4 is 150 Å². The molecule has 0 saturated carbocycles. The fourth-order valence-electron chi connectivity index (χ4n) is 18.7. The quantitative estimate of drug-likeness (QED) is 0.151. The highest BCUT2D eigenvalue weighted by molar-refractivity contribution is 7.26. The highest BCUT2D eigenvalue weighted by atomic mass is 32.1. The standard InChI is InChI=1S/C45H32.C36H22S.C30H18O.CH4/c1-45(2)43-20-8-7-15-40(43)41-26-25-32(28-44(41)45)35-17-10-18-37-33(16-9-19-38(35)37)29-21-23-30(24-22-29)42-27-31-11-3-4-12-34(31)36-13-5-6-14-39(36)42;1-2-13-29-27(11-1)28-12-3-4-14-30(28)34-22-24(19-20-31(29)34)23-9-7-10-25(21-23)26-16-8-17-33-32-15-5-6-18-35(32)37-36(26)33;1-2-9-23-21(7-1)22-8-3-4-10-24(22)27-17-19(13-15-25(23)27)20-14-16-30-28(18-20)26-11-5-6-12-29(26)31-30;/h3-28H,1-2H3;1-22H;1-18H;1H4. The van der Waals surface area contributed by atoms with Crippen molar-refractivity contribution in [3.05, 3.63) is 412 Å². The number of hydrogen-bond acceptors (Lipinski definition) is 2. The van der Waals surface area contributed by atoms with Crippen LogP contribution in [0.15, 0.2) is 405 Å². The van der Waals surface area contributed by atoms with E-state index in [0.29, 0.717) is 0 Å². The lowest BCUT2D eigenvalue weighted by atomic mass is 9.81. The van der Waals surface area contributed by atoms with Crippen LogP contribution in [-0.4, -0.2) is 0 Å². The molecule has 0 atom stereocenters. The lowest BCUT2D eigenvalue weighted by molar-refractivity contribution is 0.660. The Morgan fingerprint density at radius 2 is 0.553 bits per heavy atom. The van der Waals surface area contributed by atoms with Gasteiger partial charge in [0.1, 0.15) is 11.2 Å². The summed E-state index contributed by atoms with van der Waals surface area (Å²) < 4.78 is 8.72. The topological polar surface area (TPSA) is 13.1 Å². The van der Waals surface area contributed by atoms with Gasteiger partial charge in [-0.3, -0.25) is 0 Å². The Morgan fingerprint density at radius 3 is 1.17 bits per heavy atom. The first-order valence-corrected chi connectivity index (χ1v) is 40.0. The van der Waals surface area contributed by atoms with Crippen molar-refractivity contribution in [2.75, 3.05) is 0 Å². The Morgan fingerprint density at radius 1 is 0.193 bits per heavy atom. The SMILES string of the molecule is C.CC1(C)c2ccccc2-c2ccc(-c3cccc4c(-c5ccc(-c6cc7ccccc7c7ccccc67)cc5)cccc34)cc21.c1cc(-c2ccc3c4ccccc4c4ccccc4c3c2)cc(-c2cccc3c2sc2ccccc23)c1.c1ccc2c(c1)oc1ccc(-c3ccc4c5ccccc5c5ccccc5c4c3)cc12. The molecule has 0 N–H and O–H groups in total. The number of hydrogen-bond donors (Lipinski definition) is 0. The van der Waals surface area contributed by atoms with E-state index in [4.69, 9.17) is 4.42 Å². The maximum absolute atomic E-state index is 6.02. The van der Waals surface area contributed by atoms with Crippen molar-refractivity contribution in [2.45, 2.75) is 26.7 Å². The van der Waals surface area contributed by atoms with Crippen LogP contribution in [0.4, 0.5) is 0 Å². The second kappa shape index (κ2) is 27.5. The molecule has 0 saturated heterocycles. The van der Waals surface area contributed by atoms with E-state index >= 15 is 0 Å². The van der Waals surface area contributed by atoms with Gasteiger partial charge in [0.05, 0.1) is 0 Å². The zero-order valence-corrected chi connectivity index (χ0v) is 63.2. The van der Waals surface area contributed by atoms with E-state index in [1.165, 1.54) is 206 Å². The van der Waals surface area contributed by atoms with Crippen LogP contribution < -0.4 is 0 Å². The Balaban J connectivity index is 0.000000109. The minimum atomic E-state index is -0.0181. The van der Waals surface area contributed by atoms with E-state index in [9.17, 15) is 0 Å². The Hall–Kier alpha value is -14.0. The molecule has 0 aliphatic heterocycles. The first-order chi connectivity index (χ1) is 55.8. The summed E-state index contributed by atoms with van der Waals surface area (Å²) in [5.74, 6) is 0. The summed E-state index contributed by atoms with van der Waals surface area (Å²) >= 11 is 1.89. The minimum Gasteiger partial charge on any atom is -0.456 e. The molecule has 2 heterocycles. The summed E-state index contributed by atoms with van der Waals surface area (Å²) in [5.41, 5.74) is 22.5. The van der Waals surface area contributed by atoms with Gasteiger partial charge in [0.2, 0.25) is 0 Å². The van der Waals surface area contributed by atoms with Crippen molar-refractivity contribution in [1.82, 2.24) is 0 Å². The molecule has 0 unspecified atom stereocenters. The maximum Gasteiger partial charge on any atom is 0.135 e. The Labute approximate surface area is 666 Å². The largest absolute Gasteiger partial charge is 0.456 e. The minimum absolute atomic E-state index is 0. The first kappa shape index (κ1) is 68.0. The maximum atomic E-state index is 6.02. The molecule has 2 heteroatoms. The van der Waals surface area contributed by atoms with E-state index in [1.54, 1.807) is 0 Å². The monoisotopic (exact) mass is 1470 g/mol. The van der Waals surface area contributed by atoms with Crippen molar-refractivity contribution in [3.8, 4) is 77.9 Å². The Bertz CT molecular complexity index is 7770. The van der Waals surface area contributed by atoms with E-state index in [1.807, 2.05) is 23.5 Å². The lowest BCUT2D eigenvalue weighted by Crippen LogP contribution is -2.14. The van der Waals surface area contributed by atoms with Crippen molar-refractivity contribution in [2.24, 2.45) is 0 Å². The number of benzene rings is 21. The van der Waals surface area contributed by atoms with E-state index in [0.717, 1.165) is 21.9 Å². The molecule has 0 radical (unpaired) electrons. The van der Waals surface area contributed by atoms with E-state index in [-0.39, 0.29) is 12.8 Å². The number of furan rings is 1. The molecular formula is C112H76OS. The third-order valence-corrected chi connectivity index (χ3v) is 25.4. The second-order valence-electron chi connectivity index (χ2n) is 30.8. The molecule has 1 aliphatic carbocycles. The predicted octanol–water partition coefficient (Wildman–Crippen LogP) is 32.7. The number of rotatable bonds is 6. The molecule has 536 valence electrons. The molecule has 0 fully saturated rings. The van der Waals surface area contributed by atoms with Crippen LogP contribution in [-0.2, 0) is 5.41 Å². The van der Waals surface area contributed by atoms with Crippen LogP contribution in [0.25, 0.3) is 217 Å². The molecule has 1 nitrogen and oxygen atoms in total. The van der Waals surface area contributed by atoms with Gasteiger partial charge in [-0.25, -0.2) is 0 Å². The van der Waals surface area contributed by atoms with Gasteiger partial charge in [-0.1, -0.05) is 367 Å². The number of fused-ring (bicyclic) bond motifs is 25. The van der Waals surface area contributed by atoms with Gasteiger partial charge in [-0.15, -0.1) is 11.3 Å². The smallest absolute Gasteiger partial charge is 0.135 e. The van der Waals surface area contributed by atoms with Gasteiger partial charge in [0, 0.05) is 36.4 Å². The third kappa shape index (κ3) is 11.2. The first-order valence-electron chi connectivity index (χ1n) is 39.2. The number of thiophene rings is 1. The van der Waals surface area contributed by atoms with Crippen molar-refractivity contribution in [3.63, 3.8) is 0 Å². The fourth-order valence-corrected chi connectivity index (χ4v) is 20.0. The van der Waals surface area contributed by atoms with Gasteiger partial charge in [-0.2, -0.15) is 0 Å². The molecule has 0 amide bonds. The van der Waals surface area contributed by atoms with E-state index < -0.39 is 0 Å². The zero-order valence-electron chi connectivity index (χ0n) is 62.4. The number of para-hydroxylation sites is 1. The van der Waals surface area contributed by atoms with Gasteiger partial charge >= 0.3 is 0 Å². The summed E-state index contributed by atoms with van der Waals surface area (Å²) in [4.78, 5) is 0. The highest BCUT2D eigenvalue weighted by Crippen LogP contribution is 2.51. The van der Waals surface area contributed by atoms with Crippen molar-refractivity contribution < 1.29 is 4.42 Å². The third-order valence-electron chi connectivity index (χ3n) is 24.2. The average molecular weight is 1470 g/mol. The summed E-state index contributed by atoms with van der Waals surface area (Å²) in [6.45, 7) is 4.71. The van der Waals surface area contributed by atoms with E-state index in [2.05, 4.69) is 402 Å². The van der Waals surface area contributed by atoms with Crippen molar-refractivity contribution in [1.29, 1.82) is 0 Å². The van der Waals surface area contributed by atoms with Crippen LogP contribution in [0.5, 0.6) is 0 Å². The fraction of sp³-hybridized carbons (Fsp3) is 0.0357. The normalized spacial score (nSPS) is 12.3. The van der Waals surface area contributed by atoms with Gasteiger partial charge in [0.25, 0.3) is 0 Å². The average Bonchev–Trinajstić information content (AvgIpc) is 1.65. The molecule has 0 spiro atoms. The molecular weight excluding hydrogens is 1390 g/mol. The molecule has 114 heavy (non-hydrogen) atoms. The summed E-state index contributed by atoms with van der Waals surface area (Å²) in [6, 6.07) is 146. The van der Waals surface area contributed by atoms with Gasteiger partial charge < -0.3 is 4.42 Å². The summed E-state index contributed by atoms with van der Waals surface area (Å²) in [6.07, 6.45) is 0. The molecule has 0 bridgehead atoms. The van der Waals surface area contributed by atoms with Gasteiger partial charge in [0.15, 0.2) is 0 Å². The van der Waals surface area contributed by atoms with Gasteiger partial charge in [-0.05, 0) is 241 Å².